The molecule has 3 atom stereocenters. The maximum atomic E-state index is 13.0. The van der Waals surface area contributed by atoms with E-state index >= 15 is 0 Å². The first-order chi connectivity index (χ1) is 12.7. The summed E-state index contributed by atoms with van der Waals surface area (Å²) in [5.41, 5.74) is 2.07. The van der Waals surface area contributed by atoms with E-state index in [1.165, 1.54) is 18.6 Å². The molecule has 0 radical (unpaired) electrons. The second kappa shape index (κ2) is 6.49. The molecule has 0 aliphatic carbocycles. The van der Waals surface area contributed by atoms with Crippen molar-refractivity contribution in [1.29, 1.82) is 0 Å². The number of aliphatic hydroxyl groups is 1. The van der Waals surface area contributed by atoms with Crippen LogP contribution in [0.5, 0.6) is 0 Å². The Kier molecular flexibility index (Phi) is 4.16. The molecule has 1 N–H and O–H groups in total. The molecule has 7 nitrogen and oxygen atoms in total. The second-order valence-corrected chi connectivity index (χ2v) is 6.56. The van der Waals surface area contributed by atoms with Crippen LogP contribution >= 0.6 is 0 Å². The molecule has 7 heteroatoms. The summed E-state index contributed by atoms with van der Waals surface area (Å²) in [5.74, 6) is -0.200. The van der Waals surface area contributed by atoms with Gasteiger partial charge in [-0.15, -0.1) is 0 Å². The highest BCUT2D eigenvalue weighted by atomic mass is 16.3. The quantitative estimate of drug-likeness (QED) is 0.897. The number of benzene rings is 1. The van der Waals surface area contributed by atoms with Crippen LogP contribution in [-0.4, -0.2) is 57.0 Å². The zero-order valence-electron chi connectivity index (χ0n) is 14.4. The summed E-state index contributed by atoms with van der Waals surface area (Å²) >= 11 is 0. The minimum Gasteiger partial charge on any atom is -0.394 e. The van der Waals surface area contributed by atoms with E-state index in [0.717, 1.165) is 11.3 Å². The molecule has 0 bridgehead atoms. The van der Waals surface area contributed by atoms with E-state index in [4.69, 9.17) is 0 Å². The highest BCUT2D eigenvalue weighted by Crippen LogP contribution is 2.48. The van der Waals surface area contributed by atoms with Gasteiger partial charge in [0.1, 0.15) is 5.69 Å². The molecule has 0 saturated carbocycles. The summed E-state index contributed by atoms with van der Waals surface area (Å²) in [4.78, 5) is 36.9. The molecule has 0 spiro atoms. The summed E-state index contributed by atoms with van der Waals surface area (Å²) in [7, 11) is 0. The summed E-state index contributed by atoms with van der Waals surface area (Å²) in [6.07, 6.45) is 4.84. The van der Waals surface area contributed by atoms with Gasteiger partial charge in [-0.05, 0) is 11.6 Å². The van der Waals surface area contributed by atoms with Gasteiger partial charge >= 0.3 is 0 Å². The number of carbonyl (C=O) groups excluding carboxylic acids is 2. The van der Waals surface area contributed by atoms with Gasteiger partial charge in [0.2, 0.25) is 5.91 Å². The first-order valence-corrected chi connectivity index (χ1v) is 8.76. The van der Waals surface area contributed by atoms with Gasteiger partial charge in [-0.3, -0.25) is 14.6 Å². The molecular weight excluding hydrogens is 332 g/mol. The van der Waals surface area contributed by atoms with Crippen LogP contribution in [0.25, 0.3) is 0 Å². The normalized spacial score (nSPS) is 23.7. The first-order valence-electron chi connectivity index (χ1n) is 8.76. The van der Waals surface area contributed by atoms with Crippen molar-refractivity contribution in [1.82, 2.24) is 14.9 Å². The van der Waals surface area contributed by atoms with Crippen molar-refractivity contribution in [3.63, 3.8) is 0 Å². The SMILES string of the molecule is CCC(=O)N1[C@H](CO)[C@H]2c3ccccc3N(C(=O)c3cnccn3)C[C@H]21. The van der Waals surface area contributed by atoms with Crippen LogP contribution in [0.3, 0.4) is 0 Å². The fourth-order valence-electron chi connectivity index (χ4n) is 4.16. The van der Waals surface area contributed by atoms with E-state index in [-0.39, 0.29) is 42.1 Å². The van der Waals surface area contributed by atoms with Crippen LogP contribution in [0, 0.1) is 0 Å². The maximum absolute atomic E-state index is 13.0. The molecule has 3 heterocycles. The molecule has 26 heavy (non-hydrogen) atoms. The molecule has 134 valence electrons. The Morgan fingerprint density at radius 2 is 2.08 bits per heavy atom. The molecule has 2 aliphatic rings. The lowest BCUT2D eigenvalue weighted by atomic mass is 9.71. The highest BCUT2D eigenvalue weighted by molar-refractivity contribution is 6.05. The highest BCUT2D eigenvalue weighted by Gasteiger charge is 2.54. The summed E-state index contributed by atoms with van der Waals surface area (Å²) < 4.78 is 0. The van der Waals surface area contributed by atoms with E-state index in [9.17, 15) is 14.7 Å². The number of fused-ring (bicyclic) bond motifs is 3. The number of carbonyl (C=O) groups is 2. The number of amides is 2. The molecule has 4 rings (SSSR count). The van der Waals surface area contributed by atoms with Crippen molar-refractivity contribution in [3.05, 3.63) is 54.1 Å². The number of para-hydroxylation sites is 1. The van der Waals surface area contributed by atoms with Gasteiger partial charge < -0.3 is 14.9 Å². The van der Waals surface area contributed by atoms with E-state index in [1.54, 1.807) is 9.80 Å². The summed E-state index contributed by atoms with van der Waals surface area (Å²) in [5, 5.41) is 9.83. The van der Waals surface area contributed by atoms with Crippen molar-refractivity contribution in [2.24, 2.45) is 0 Å². The average molecular weight is 352 g/mol. The molecule has 1 aromatic heterocycles. The molecular formula is C19H20N4O3. The fourth-order valence-corrected chi connectivity index (χ4v) is 4.16. The van der Waals surface area contributed by atoms with E-state index in [2.05, 4.69) is 9.97 Å². The molecule has 1 aromatic carbocycles. The van der Waals surface area contributed by atoms with Crippen molar-refractivity contribution in [2.45, 2.75) is 31.3 Å². The molecule has 1 saturated heterocycles. The lowest BCUT2D eigenvalue weighted by molar-refractivity contribution is -0.149. The van der Waals surface area contributed by atoms with Crippen molar-refractivity contribution < 1.29 is 14.7 Å². The van der Waals surface area contributed by atoms with Crippen molar-refractivity contribution in [3.8, 4) is 0 Å². The average Bonchev–Trinajstić information content (AvgIpc) is 2.68. The summed E-state index contributed by atoms with van der Waals surface area (Å²) in [6.45, 7) is 2.11. The van der Waals surface area contributed by atoms with Crippen LogP contribution in [0.1, 0.15) is 35.3 Å². The third-order valence-electron chi connectivity index (χ3n) is 5.30. The van der Waals surface area contributed by atoms with Gasteiger partial charge in [0.15, 0.2) is 0 Å². The van der Waals surface area contributed by atoms with Crippen LogP contribution in [0.4, 0.5) is 5.69 Å². The van der Waals surface area contributed by atoms with E-state index in [0.29, 0.717) is 13.0 Å². The summed E-state index contributed by atoms with van der Waals surface area (Å²) in [6, 6.07) is 7.32. The fraction of sp³-hybridized carbons (Fsp3) is 0.368. The lowest BCUT2D eigenvalue weighted by Crippen LogP contribution is -2.70. The third-order valence-corrected chi connectivity index (χ3v) is 5.30. The second-order valence-electron chi connectivity index (χ2n) is 6.56. The Balaban J connectivity index is 1.75. The number of likely N-dealkylation sites (tertiary alicyclic amines) is 1. The van der Waals surface area contributed by atoms with Gasteiger partial charge in [-0.25, -0.2) is 4.98 Å². The van der Waals surface area contributed by atoms with Crippen LogP contribution < -0.4 is 4.90 Å². The molecule has 2 aromatic rings. The Morgan fingerprint density at radius 1 is 1.27 bits per heavy atom. The Bertz CT molecular complexity index is 842. The number of hydrogen-bond donors (Lipinski definition) is 1. The Hall–Kier alpha value is -2.80. The number of anilines is 1. The van der Waals surface area contributed by atoms with Gasteiger partial charge in [-0.2, -0.15) is 0 Å². The Morgan fingerprint density at radius 3 is 2.77 bits per heavy atom. The van der Waals surface area contributed by atoms with Gasteiger partial charge in [-0.1, -0.05) is 25.1 Å². The predicted octanol–water partition coefficient (Wildman–Crippen LogP) is 1.20. The van der Waals surface area contributed by atoms with Gasteiger partial charge in [0.25, 0.3) is 5.91 Å². The van der Waals surface area contributed by atoms with Gasteiger partial charge in [0.05, 0.1) is 24.9 Å². The molecule has 0 unspecified atom stereocenters. The van der Waals surface area contributed by atoms with Crippen LogP contribution in [0.2, 0.25) is 0 Å². The molecule has 2 amide bonds. The van der Waals surface area contributed by atoms with Crippen LogP contribution in [-0.2, 0) is 4.79 Å². The van der Waals surface area contributed by atoms with Crippen molar-refractivity contribution >= 4 is 17.5 Å². The minimum absolute atomic E-state index is 0.00316. The number of nitrogens with zero attached hydrogens (tertiary/aromatic N) is 4. The van der Waals surface area contributed by atoms with E-state index in [1.807, 2.05) is 31.2 Å². The zero-order chi connectivity index (χ0) is 18.3. The topological polar surface area (TPSA) is 86.6 Å². The largest absolute Gasteiger partial charge is 0.394 e. The number of hydrogen-bond acceptors (Lipinski definition) is 5. The predicted molar refractivity (Wildman–Crippen MR) is 94.7 cm³/mol. The Labute approximate surface area is 151 Å². The number of rotatable bonds is 3. The zero-order valence-corrected chi connectivity index (χ0v) is 14.4. The monoisotopic (exact) mass is 352 g/mol. The maximum Gasteiger partial charge on any atom is 0.278 e. The van der Waals surface area contributed by atoms with E-state index < -0.39 is 0 Å². The molecule has 2 aliphatic heterocycles. The minimum atomic E-state index is -0.236. The number of aliphatic hydroxyl groups excluding tert-OH is 1. The van der Waals surface area contributed by atoms with Crippen LogP contribution in [0.15, 0.2) is 42.9 Å². The smallest absolute Gasteiger partial charge is 0.278 e. The van der Waals surface area contributed by atoms with Crippen molar-refractivity contribution in [2.75, 3.05) is 18.1 Å². The first kappa shape index (κ1) is 16.7. The molecule has 1 fully saturated rings. The van der Waals surface area contributed by atoms with Gasteiger partial charge in [0, 0.05) is 37.0 Å². The third kappa shape index (κ3) is 2.39. The lowest BCUT2D eigenvalue weighted by Gasteiger charge is -2.58. The standard InChI is InChI=1S/C19H20N4O3/c1-2-17(25)23-15-10-22(19(26)13-9-20-7-8-21-13)14-6-4-3-5-12(14)18(15)16(23)11-24/h3-9,15-16,18,24H,2,10-11H2,1H3/t15-,16-,18+/m1/s1. The number of aromatic nitrogens is 2.